The Hall–Kier alpha value is -1.61. The van der Waals surface area contributed by atoms with Crippen LogP contribution in [0.4, 0.5) is 0 Å². The molecule has 0 aliphatic heterocycles. The standard InChI is InChI=1S/C17H17BrO2/c1-11(2)13-5-4-6-14(9-13)20-15-7-8-16(12(3)19)17(18)10-15/h4-11H,1-3H3. The Labute approximate surface area is 127 Å². The van der Waals surface area contributed by atoms with Crippen LogP contribution in [0.3, 0.4) is 0 Å². The van der Waals surface area contributed by atoms with Crippen LogP contribution >= 0.6 is 15.9 Å². The van der Waals surface area contributed by atoms with E-state index in [-0.39, 0.29) is 5.78 Å². The van der Waals surface area contributed by atoms with Crippen LogP contribution in [0.15, 0.2) is 46.9 Å². The molecule has 20 heavy (non-hydrogen) atoms. The van der Waals surface area contributed by atoms with Gasteiger partial charge in [-0.3, -0.25) is 4.79 Å². The van der Waals surface area contributed by atoms with E-state index >= 15 is 0 Å². The van der Waals surface area contributed by atoms with E-state index in [9.17, 15) is 4.79 Å². The average molecular weight is 333 g/mol. The maximum atomic E-state index is 11.4. The van der Waals surface area contributed by atoms with Crippen molar-refractivity contribution in [2.45, 2.75) is 26.7 Å². The topological polar surface area (TPSA) is 26.3 Å². The Morgan fingerprint density at radius 1 is 1.10 bits per heavy atom. The van der Waals surface area contributed by atoms with Gasteiger partial charge in [-0.15, -0.1) is 0 Å². The lowest BCUT2D eigenvalue weighted by Gasteiger charge is -2.10. The molecule has 0 atom stereocenters. The maximum absolute atomic E-state index is 11.4. The van der Waals surface area contributed by atoms with Gasteiger partial charge in [0.05, 0.1) is 0 Å². The molecule has 0 aromatic heterocycles. The highest BCUT2D eigenvalue weighted by Gasteiger charge is 2.07. The van der Waals surface area contributed by atoms with Crippen molar-refractivity contribution in [3.63, 3.8) is 0 Å². The predicted molar refractivity (Wildman–Crippen MR) is 84.8 cm³/mol. The molecule has 2 aromatic carbocycles. The number of carbonyl (C=O) groups excluding carboxylic acids is 1. The van der Waals surface area contributed by atoms with Gasteiger partial charge in [0.2, 0.25) is 0 Å². The summed E-state index contributed by atoms with van der Waals surface area (Å²) < 4.78 is 6.60. The lowest BCUT2D eigenvalue weighted by molar-refractivity contribution is 0.101. The zero-order valence-electron chi connectivity index (χ0n) is 11.8. The van der Waals surface area contributed by atoms with Crippen LogP contribution in [-0.2, 0) is 0 Å². The van der Waals surface area contributed by atoms with Crippen molar-refractivity contribution < 1.29 is 9.53 Å². The summed E-state index contributed by atoms with van der Waals surface area (Å²) in [4.78, 5) is 11.4. The van der Waals surface area contributed by atoms with Gasteiger partial charge in [-0.2, -0.15) is 0 Å². The lowest BCUT2D eigenvalue weighted by Crippen LogP contribution is -1.94. The maximum Gasteiger partial charge on any atom is 0.160 e. The number of Topliss-reactive ketones (excluding diaryl/α,β-unsaturated/α-hetero) is 1. The molecule has 0 aliphatic carbocycles. The molecule has 0 N–H and O–H groups in total. The number of ether oxygens (including phenoxy) is 1. The first-order chi connectivity index (χ1) is 9.47. The van der Waals surface area contributed by atoms with Gasteiger partial charge in [0.1, 0.15) is 11.5 Å². The van der Waals surface area contributed by atoms with E-state index < -0.39 is 0 Å². The molecule has 2 aromatic rings. The fourth-order valence-corrected chi connectivity index (χ4v) is 2.56. The highest BCUT2D eigenvalue weighted by molar-refractivity contribution is 9.10. The lowest BCUT2D eigenvalue weighted by atomic mass is 10.0. The van der Waals surface area contributed by atoms with Gasteiger partial charge in [-0.25, -0.2) is 0 Å². The Morgan fingerprint density at radius 3 is 2.40 bits per heavy atom. The summed E-state index contributed by atoms with van der Waals surface area (Å²) in [5, 5.41) is 0. The number of ketones is 1. The Balaban J connectivity index is 2.24. The van der Waals surface area contributed by atoms with Crippen LogP contribution in [0, 0.1) is 0 Å². The van der Waals surface area contributed by atoms with Crippen molar-refractivity contribution in [1.82, 2.24) is 0 Å². The van der Waals surface area contributed by atoms with Crippen LogP contribution in [0.1, 0.15) is 42.6 Å². The fourth-order valence-electron chi connectivity index (χ4n) is 1.92. The van der Waals surface area contributed by atoms with Gasteiger partial charge in [-0.1, -0.05) is 26.0 Å². The second kappa shape index (κ2) is 6.23. The van der Waals surface area contributed by atoms with Gasteiger partial charge >= 0.3 is 0 Å². The van der Waals surface area contributed by atoms with Crippen LogP contribution in [0.2, 0.25) is 0 Å². The fraction of sp³-hybridized carbons (Fsp3) is 0.235. The summed E-state index contributed by atoms with van der Waals surface area (Å²) in [6.07, 6.45) is 0. The van der Waals surface area contributed by atoms with Crippen LogP contribution in [-0.4, -0.2) is 5.78 Å². The predicted octanol–water partition coefficient (Wildman–Crippen LogP) is 5.57. The van der Waals surface area contributed by atoms with E-state index in [4.69, 9.17) is 4.74 Å². The summed E-state index contributed by atoms with van der Waals surface area (Å²) in [5.74, 6) is 2.01. The minimum absolute atomic E-state index is 0.0326. The van der Waals surface area contributed by atoms with Crippen LogP contribution < -0.4 is 4.74 Å². The molecule has 2 rings (SSSR count). The van der Waals surface area contributed by atoms with Crippen LogP contribution in [0.25, 0.3) is 0 Å². The van der Waals surface area contributed by atoms with Crippen molar-refractivity contribution in [2.24, 2.45) is 0 Å². The van der Waals surface area contributed by atoms with E-state index in [2.05, 4.69) is 35.8 Å². The minimum Gasteiger partial charge on any atom is -0.457 e. The number of rotatable bonds is 4. The largest absolute Gasteiger partial charge is 0.457 e. The molecule has 2 nitrogen and oxygen atoms in total. The van der Waals surface area contributed by atoms with E-state index in [0.29, 0.717) is 17.2 Å². The molecule has 0 bridgehead atoms. The molecule has 0 saturated heterocycles. The highest BCUT2D eigenvalue weighted by Crippen LogP contribution is 2.29. The monoisotopic (exact) mass is 332 g/mol. The molecule has 0 radical (unpaired) electrons. The van der Waals surface area contributed by atoms with Gasteiger partial charge in [-0.05, 0) is 64.7 Å². The third-order valence-electron chi connectivity index (χ3n) is 3.08. The number of carbonyl (C=O) groups is 1. The van der Waals surface area contributed by atoms with Crippen molar-refractivity contribution in [3.8, 4) is 11.5 Å². The van der Waals surface area contributed by atoms with Crippen molar-refractivity contribution in [2.75, 3.05) is 0 Å². The Kier molecular flexibility index (Phi) is 4.61. The summed E-state index contributed by atoms with van der Waals surface area (Å²) in [7, 11) is 0. The summed E-state index contributed by atoms with van der Waals surface area (Å²) in [6, 6.07) is 13.4. The molecule has 0 heterocycles. The second-order valence-corrected chi connectivity index (χ2v) is 5.88. The minimum atomic E-state index is 0.0326. The summed E-state index contributed by atoms with van der Waals surface area (Å²) in [6.45, 7) is 5.85. The number of hydrogen-bond donors (Lipinski definition) is 0. The number of benzene rings is 2. The molecule has 0 fully saturated rings. The average Bonchev–Trinajstić information content (AvgIpc) is 2.38. The molecule has 104 valence electrons. The zero-order valence-corrected chi connectivity index (χ0v) is 13.4. The van der Waals surface area contributed by atoms with Crippen molar-refractivity contribution in [3.05, 3.63) is 58.1 Å². The molecule has 0 spiro atoms. The molecule has 0 unspecified atom stereocenters. The normalized spacial score (nSPS) is 10.7. The Morgan fingerprint density at radius 2 is 1.80 bits per heavy atom. The molecule has 3 heteroatoms. The summed E-state index contributed by atoms with van der Waals surface area (Å²) in [5.41, 5.74) is 1.90. The van der Waals surface area contributed by atoms with E-state index in [1.54, 1.807) is 13.0 Å². The van der Waals surface area contributed by atoms with Gasteiger partial charge < -0.3 is 4.74 Å². The first-order valence-corrected chi connectivity index (χ1v) is 7.35. The van der Waals surface area contributed by atoms with E-state index in [1.807, 2.05) is 30.3 Å². The molecule has 0 saturated carbocycles. The van der Waals surface area contributed by atoms with Gasteiger partial charge in [0.15, 0.2) is 5.78 Å². The van der Waals surface area contributed by atoms with Crippen molar-refractivity contribution >= 4 is 21.7 Å². The quantitative estimate of drug-likeness (QED) is 0.684. The highest BCUT2D eigenvalue weighted by atomic mass is 79.9. The van der Waals surface area contributed by atoms with Crippen molar-refractivity contribution in [1.29, 1.82) is 0 Å². The smallest absolute Gasteiger partial charge is 0.160 e. The first-order valence-electron chi connectivity index (χ1n) is 6.55. The Bertz CT molecular complexity index is 633. The number of hydrogen-bond acceptors (Lipinski definition) is 2. The molecular formula is C17H17BrO2. The van der Waals surface area contributed by atoms with Crippen LogP contribution in [0.5, 0.6) is 11.5 Å². The SMILES string of the molecule is CC(=O)c1ccc(Oc2cccc(C(C)C)c2)cc1Br. The van der Waals surface area contributed by atoms with Gasteiger partial charge in [0.25, 0.3) is 0 Å². The second-order valence-electron chi connectivity index (χ2n) is 5.03. The zero-order chi connectivity index (χ0) is 14.7. The molecular weight excluding hydrogens is 316 g/mol. The van der Waals surface area contributed by atoms with E-state index in [1.165, 1.54) is 5.56 Å². The third-order valence-corrected chi connectivity index (χ3v) is 3.74. The molecule has 0 aliphatic rings. The van der Waals surface area contributed by atoms with E-state index in [0.717, 1.165) is 10.2 Å². The van der Waals surface area contributed by atoms with Gasteiger partial charge in [0, 0.05) is 10.0 Å². The third kappa shape index (κ3) is 3.48. The first kappa shape index (κ1) is 14.8. The molecule has 0 amide bonds. The summed E-state index contributed by atoms with van der Waals surface area (Å²) >= 11 is 3.40. The number of halogens is 1.